The summed E-state index contributed by atoms with van der Waals surface area (Å²) in [4.78, 5) is 0. The SMILES string of the molecule is CCCCC(CC)COCC(N)CC. The second-order valence-corrected chi connectivity index (χ2v) is 4.12. The van der Waals surface area contributed by atoms with Crippen LogP contribution in [0.4, 0.5) is 0 Å². The van der Waals surface area contributed by atoms with Crippen LogP contribution in [0.2, 0.25) is 0 Å². The van der Waals surface area contributed by atoms with Gasteiger partial charge in [0.05, 0.1) is 6.61 Å². The number of nitrogens with two attached hydrogens (primary N) is 1. The van der Waals surface area contributed by atoms with Crippen LogP contribution < -0.4 is 5.73 Å². The molecule has 0 saturated carbocycles. The summed E-state index contributed by atoms with van der Waals surface area (Å²) in [6.07, 6.45) is 6.13. The van der Waals surface area contributed by atoms with Crippen LogP contribution >= 0.6 is 0 Å². The van der Waals surface area contributed by atoms with Gasteiger partial charge in [0.1, 0.15) is 0 Å². The van der Waals surface area contributed by atoms with Gasteiger partial charge in [-0.15, -0.1) is 0 Å². The smallest absolute Gasteiger partial charge is 0.0617 e. The molecule has 2 nitrogen and oxygen atoms in total. The summed E-state index contributed by atoms with van der Waals surface area (Å²) in [7, 11) is 0. The number of rotatable bonds is 9. The largest absolute Gasteiger partial charge is 0.380 e. The molecule has 0 aliphatic heterocycles. The Morgan fingerprint density at radius 2 is 1.79 bits per heavy atom. The molecule has 2 unspecified atom stereocenters. The molecule has 2 heteroatoms. The van der Waals surface area contributed by atoms with Crippen LogP contribution in [0.1, 0.15) is 52.9 Å². The highest BCUT2D eigenvalue weighted by Gasteiger charge is 2.06. The van der Waals surface area contributed by atoms with Crippen molar-refractivity contribution in [2.24, 2.45) is 11.7 Å². The van der Waals surface area contributed by atoms with Crippen molar-refractivity contribution in [1.29, 1.82) is 0 Å². The first-order valence-electron chi connectivity index (χ1n) is 6.07. The second kappa shape index (κ2) is 9.47. The average molecular weight is 201 g/mol. The van der Waals surface area contributed by atoms with E-state index in [0.29, 0.717) is 0 Å². The Labute approximate surface area is 89.2 Å². The van der Waals surface area contributed by atoms with Crippen molar-refractivity contribution < 1.29 is 4.74 Å². The lowest BCUT2D eigenvalue weighted by atomic mass is 10.0. The molecule has 0 bridgehead atoms. The van der Waals surface area contributed by atoms with Crippen LogP contribution in [0.25, 0.3) is 0 Å². The van der Waals surface area contributed by atoms with Crippen LogP contribution in [0.5, 0.6) is 0 Å². The molecule has 14 heavy (non-hydrogen) atoms. The Balaban J connectivity index is 3.42. The lowest BCUT2D eigenvalue weighted by molar-refractivity contribution is 0.0831. The first kappa shape index (κ1) is 13.9. The number of unbranched alkanes of at least 4 members (excludes halogenated alkanes) is 1. The van der Waals surface area contributed by atoms with Crippen LogP contribution in [0, 0.1) is 5.92 Å². The van der Waals surface area contributed by atoms with Crippen molar-refractivity contribution in [2.75, 3.05) is 13.2 Å². The van der Waals surface area contributed by atoms with E-state index in [1.54, 1.807) is 0 Å². The summed E-state index contributed by atoms with van der Waals surface area (Å²) in [6.45, 7) is 8.19. The number of hydrogen-bond donors (Lipinski definition) is 1. The molecule has 0 aromatic rings. The van der Waals surface area contributed by atoms with Gasteiger partial charge in [-0.1, -0.05) is 40.0 Å². The zero-order valence-corrected chi connectivity index (χ0v) is 10.1. The van der Waals surface area contributed by atoms with E-state index in [2.05, 4.69) is 20.8 Å². The standard InChI is InChI=1S/C12H27NO/c1-4-7-8-11(5-2)9-14-10-12(13)6-3/h11-12H,4-10,13H2,1-3H3. The zero-order chi connectivity index (χ0) is 10.8. The Hall–Kier alpha value is -0.0800. The highest BCUT2D eigenvalue weighted by atomic mass is 16.5. The molecule has 0 aliphatic rings. The Kier molecular flexibility index (Phi) is 9.42. The molecule has 0 radical (unpaired) electrons. The summed E-state index contributed by atoms with van der Waals surface area (Å²) in [5, 5.41) is 0. The van der Waals surface area contributed by atoms with Gasteiger partial charge < -0.3 is 10.5 Å². The predicted molar refractivity (Wildman–Crippen MR) is 62.4 cm³/mol. The van der Waals surface area contributed by atoms with E-state index in [9.17, 15) is 0 Å². The maximum Gasteiger partial charge on any atom is 0.0617 e. The molecule has 0 rings (SSSR count). The first-order chi connectivity index (χ1) is 6.74. The van der Waals surface area contributed by atoms with Gasteiger partial charge in [-0.25, -0.2) is 0 Å². The topological polar surface area (TPSA) is 35.2 Å². The van der Waals surface area contributed by atoms with Gasteiger partial charge >= 0.3 is 0 Å². The lowest BCUT2D eigenvalue weighted by Gasteiger charge is -2.16. The zero-order valence-electron chi connectivity index (χ0n) is 10.1. The van der Waals surface area contributed by atoms with Crippen LogP contribution in [-0.2, 0) is 4.74 Å². The minimum absolute atomic E-state index is 0.221. The molecular formula is C12H27NO. The van der Waals surface area contributed by atoms with E-state index in [1.807, 2.05) is 0 Å². The predicted octanol–water partition coefficient (Wildman–Crippen LogP) is 2.96. The molecule has 0 amide bonds. The maximum atomic E-state index is 5.78. The molecule has 0 aromatic heterocycles. The van der Waals surface area contributed by atoms with Crippen LogP contribution in [0.3, 0.4) is 0 Å². The fourth-order valence-electron chi connectivity index (χ4n) is 1.40. The fraction of sp³-hybridized carbons (Fsp3) is 1.00. The number of ether oxygens (including phenoxy) is 1. The summed E-state index contributed by atoms with van der Waals surface area (Å²) < 4.78 is 5.61. The fourth-order valence-corrected chi connectivity index (χ4v) is 1.40. The molecule has 86 valence electrons. The third-order valence-corrected chi connectivity index (χ3v) is 2.75. The third kappa shape index (κ3) is 7.34. The third-order valence-electron chi connectivity index (χ3n) is 2.75. The van der Waals surface area contributed by atoms with E-state index in [4.69, 9.17) is 10.5 Å². The molecule has 0 saturated heterocycles. The molecule has 0 spiro atoms. The van der Waals surface area contributed by atoms with Crippen molar-refractivity contribution in [3.05, 3.63) is 0 Å². The van der Waals surface area contributed by atoms with Gasteiger partial charge in [-0.3, -0.25) is 0 Å². The van der Waals surface area contributed by atoms with Crippen molar-refractivity contribution in [3.63, 3.8) is 0 Å². The number of hydrogen-bond acceptors (Lipinski definition) is 2. The normalized spacial score (nSPS) is 15.4. The van der Waals surface area contributed by atoms with Crippen LogP contribution in [-0.4, -0.2) is 19.3 Å². The maximum absolute atomic E-state index is 5.78. The van der Waals surface area contributed by atoms with Crippen molar-refractivity contribution >= 4 is 0 Å². The molecule has 0 heterocycles. The Morgan fingerprint density at radius 1 is 1.07 bits per heavy atom. The summed E-state index contributed by atoms with van der Waals surface area (Å²) >= 11 is 0. The summed E-state index contributed by atoms with van der Waals surface area (Å²) in [5.41, 5.74) is 5.78. The minimum atomic E-state index is 0.221. The molecule has 0 aromatic carbocycles. The minimum Gasteiger partial charge on any atom is -0.380 e. The van der Waals surface area contributed by atoms with Crippen molar-refractivity contribution in [2.45, 2.75) is 58.9 Å². The van der Waals surface area contributed by atoms with E-state index >= 15 is 0 Å². The summed E-state index contributed by atoms with van der Waals surface area (Å²) in [5.74, 6) is 0.735. The van der Waals surface area contributed by atoms with Gasteiger partial charge in [0, 0.05) is 12.6 Å². The highest BCUT2D eigenvalue weighted by molar-refractivity contribution is 4.59. The van der Waals surface area contributed by atoms with Crippen molar-refractivity contribution in [1.82, 2.24) is 0 Å². The van der Waals surface area contributed by atoms with E-state index < -0.39 is 0 Å². The Bertz CT molecular complexity index is 117. The molecular weight excluding hydrogens is 174 g/mol. The van der Waals surface area contributed by atoms with E-state index in [1.165, 1.54) is 25.7 Å². The lowest BCUT2D eigenvalue weighted by Crippen LogP contribution is -2.26. The van der Waals surface area contributed by atoms with Gasteiger partial charge in [-0.05, 0) is 18.8 Å². The second-order valence-electron chi connectivity index (χ2n) is 4.12. The molecule has 2 N–H and O–H groups in total. The molecule has 2 atom stereocenters. The first-order valence-corrected chi connectivity index (χ1v) is 6.07. The van der Waals surface area contributed by atoms with Gasteiger partial charge in [0.2, 0.25) is 0 Å². The average Bonchev–Trinajstić information content (AvgIpc) is 2.22. The van der Waals surface area contributed by atoms with Crippen LogP contribution in [0.15, 0.2) is 0 Å². The quantitative estimate of drug-likeness (QED) is 0.622. The van der Waals surface area contributed by atoms with E-state index in [-0.39, 0.29) is 6.04 Å². The summed E-state index contributed by atoms with van der Waals surface area (Å²) in [6, 6.07) is 0.221. The van der Waals surface area contributed by atoms with Gasteiger partial charge in [0.15, 0.2) is 0 Å². The van der Waals surface area contributed by atoms with Gasteiger partial charge in [-0.2, -0.15) is 0 Å². The highest BCUT2D eigenvalue weighted by Crippen LogP contribution is 2.12. The Morgan fingerprint density at radius 3 is 2.29 bits per heavy atom. The van der Waals surface area contributed by atoms with E-state index in [0.717, 1.165) is 25.6 Å². The van der Waals surface area contributed by atoms with Gasteiger partial charge in [0.25, 0.3) is 0 Å². The van der Waals surface area contributed by atoms with Crippen molar-refractivity contribution in [3.8, 4) is 0 Å². The monoisotopic (exact) mass is 201 g/mol. The molecule has 0 aliphatic carbocycles. The molecule has 0 fully saturated rings.